The van der Waals surface area contributed by atoms with Crippen LogP contribution in [0.5, 0.6) is 0 Å². The fraction of sp³-hybridized carbons (Fsp3) is 0.483. The summed E-state index contributed by atoms with van der Waals surface area (Å²) in [6.45, 7) is 8.61. The zero-order chi connectivity index (χ0) is 27.9. The molecule has 1 aromatic heterocycles. The first kappa shape index (κ1) is 27.7. The van der Waals surface area contributed by atoms with Crippen molar-refractivity contribution in [2.45, 2.75) is 83.6 Å². The van der Waals surface area contributed by atoms with Gasteiger partial charge in [-0.1, -0.05) is 35.9 Å². The largest absolute Gasteiger partial charge is 0.494 e. The molecule has 0 spiro atoms. The lowest BCUT2D eigenvalue weighted by Gasteiger charge is -2.32. The molecule has 0 unspecified atom stereocenters. The van der Waals surface area contributed by atoms with Crippen LogP contribution in [0.1, 0.15) is 75.7 Å². The summed E-state index contributed by atoms with van der Waals surface area (Å²) < 4.78 is 14.1. The minimum atomic E-state index is -0.762. The van der Waals surface area contributed by atoms with Crippen molar-refractivity contribution in [2.24, 2.45) is 5.92 Å². The van der Waals surface area contributed by atoms with Gasteiger partial charge in [0.1, 0.15) is 0 Å². The van der Waals surface area contributed by atoms with Crippen LogP contribution >= 0.6 is 11.6 Å². The highest BCUT2D eigenvalue weighted by Gasteiger charge is 2.51. The Morgan fingerprint density at radius 2 is 1.69 bits per heavy atom. The Kier molecular flexibility index (Phi) is 7.52. The van der Waals surface area contributed by atoms with Crippen LogP contribution in [0.4, 0.5) is 0 Å². The van der Waals surface area contributed by atoms with Crippen LogP contribution in [0.25, 0.3) is 10.9 Å². The molecule has 1 amide bonds. The number of carboxylic acids is 1. The second kappa shape index (κ2) is 10.6. The number of carboxylic acid groups (broad SMARTS) is 1. The van der Waals surface area contributed by atoms with Crippen LogP contribution in [-0.2, 0) is 20.6 Å². The number of nitrogens with zero attached hydrogens (tertiary/aromatic N) is 2. The van der Waals surface area contributed by atoms with Crippen molar-refractivity contribution in [2.75, 3.05) is 0 Å². The van der Waals surface area contributed by atoms with Gasteiger partial charge in [0.05, 0.1) is 40.0 Å². The first-order valence-corrected chi connectivity index (χ1v) is 13.9. The third-order valence-corrected chi connectivity index (χ3v) is 8.81. The smallest absolute Gasteiger partial charge is 0.481 e. The van der Waals surface area contributed by atoms with E-state index >= 15 is 0 Å². The van der Waals surface area contributed by atoms with E-state index in [-0.39, 0.29) is 24.3 Å². The van der Waals surface area contributed by atoms with Gasteiger partial charge in [0.15, 0.2) is 0 Å². The van der Waals surface area contributed by atoms with E-state index in [1.165, 1.54) is 0 Å². The Morgan fingerprint density at radius 1 is 1.05 bits per heavy atom. The van der Waals surface area contributed by atoms with Crippen molar-refractivity contribution >= 4 is 47.0 Å². The summed E-state index contributed by atoms with van der Waals surface area (Å²) in [5.41, 5.74) is 2.37. The molecule has 8 nitrogen and oxygen atoms in total. The van der Waals surface area contributed by atoms with Gasteiger partial charge < -0.3 is 19.7 Å². The maximum absolute atomic E-state index is 13.4. The van der Waals surface area contributed by atoms with Gasteiger partial charge in [-0.05, 0) is 82.5 Å². The first-order chi connectivity index (χ1) is 18.4. The van der Waals surface area contributed by atoms with Crippen LogP contribution in [-0.4, -0.2) is 51.1 Å². The fourth-order valence-electron chi connectivity index (χ4n) is 5.43. The van der Waals surface area contributed by atoms with Gasteiger partial charge in [-0.25, -0.2) is 0 Å². The molecule has 5 rings (SSSR count). The maximum Gasteiger partial charge on any atom is 0.494 e. The van der Waals surface area contributed by atoms with Crippen LogP contribution < -0.4 is 10.8 Å². The maximum atomic E-state index is 13.4. The molecule has 206 valence electrons. The molecule has 2 heterocycles. The van der Waals surface area contributed by atoms with Crippen molar-refractivity contribution in [1.29, 1.82) is 0 Å². The number of nitrogens with one attached hydrogen (secondary N) is 1. The normalized spacial score (nSPS) is 22.2. The quantitative estimate of drug-likeness (QED) is 0.409. The van der Waals surface area contributed by atoms with Crippen molar-refractivity contribution in [3.05, 3.63) is 58.7 Å². The molecule has 0 atom stereocenters. The molecule has 3 aromatic rings. The van der Waals surface area contributed by atoms with E-state index in [0.29, 0.717) is 22.6 Å². The highest BCUT2D eigenvalue weighted by atomic mass is 35.5. The summed E-state index contributed by atoms with van der Waals surface area (Å²) in [5.74, 6) is -0.756. The van der Waals surface area contributed by atoms with Gasteiger partial charge in [-0.3, -0.25) is 14.3 Å². The Balaban J connectivity index is 1.31. The van der Waals surface area contributed by atoms with E-state index in [1.54, 1.807) is 18.3 Å². The van der Waals surface area contributed by atoms with Crippen molar-refractivity contribution in [3.8, 4) is 0 Å². The lowest BCUT2D eigenvalue weighted by atomic mass is 9.79. The molecule has 39 heavy (non-hydrogen) atoms. The summed E-state index contributed by atoms with van der Waals surface area (Å²) >= 11 is 6.48. The van der Waals surface area contributed by atoms with E-state index in [1.807, 2.05) is 56.6 Å². The standard InChI is InChI=1S/C29H35BClN3O5/c1-28(2)29(3,4)39-30(38-28)20-9-5-19(6-10-20)17-34-26-22(13-14-24(31)23(26)16-32-34)27(37)33-21-11-7-18(8-12-21)15-25(35)36/h5-6,9-10,13-14,16,18,21H,7-8,11-12,15,17H2,1-4H3,(H,33,37)(H,35,36)/t18-,21-. The molecule has 2 aliphatic rings. The lowest BCUT2D eigenvalue weighted by molar-refractivity contribution is -0.138. The first-order valence-electron chi connectivity index (χ1n) is 13.5. The van der Waals surface area contributed by atoms with Gasteiger partial charge in [-0.2, -0.15) is 5.10 Å². The zero-order valence-corrected chi connectivity index (χ0v) is 23.6. The number of aromatic nitrogens is 2. The molecule has 1 aliphatic carbocycles. The highest BCUT2D eigenvalue weighted by molar-refractivity contribution is 6.62. The molecule has 2 aromatic carbocycles. The van der Waals surface area contributed by atoms with Gasteiger partial charge in [0, 0.05) is 17.8 Å². The average molecular weight is 552 g/mol. The minimum absolute atomic E-state index is 0.0205. The molecule has 1 saturated heterocycles. The Bertz CT molecular complexity index is 1360. The van der Waals surface area contributed by atoms with Crippen LogP contribution in [0, 0.1) is 5.92 Å². The molecular weight excluding hydrogens is 517 g/mol. The predicted molar refractivity (Wildman–Crippen MR) is 151 cm³/mol. The summed E-state index contributed by atoms with van der Waals surface area (Å²) in [4.78, 5) is 24.4. The van der Waals surface area contributed by atoms with E-state index in [9.17, 15) is 9.59 Å². The number of aliphatic carboxylic acids is 1. The molecular formula is C29H35BClN3O5. The van der Waals surface area contributed by atoms with Crippen LogP contribution in [0.2, 0.25) is 5.02 Å². The SMILES string of the molecule is CC1(C)OB(c2ccc(Cn3ncc4c(Cl)ccc(C(=O)N[C@H]5CC[C@H](CC(=O)O)CC5)c43)cc2)OC1(C)C. The van der Waals surface area contributed by atoms with Gasteiger partial charge in [-0.15, -0.1) is 0 Å². The summed E-state index contributed by atoms with van der Waals surface area (Å²) in [6.07, 6.45) is 5.03. The van der Waals surface area contributed by atoms with E-state index in [2.05, 4.69) is 10.4 Å². The number of rotatable bonds is 7. The summed E-state index contributed by atoms with van der Waals surface area (Å²) in [5, 5.41) is 18.0. The second-order valence-corrected chi connectivity index (χ2v) is 12.2. The average Bonchev–Trinajstić information content (AvgIpc) is 3.38. The number of fused-ring (bicyclic) bond motifs is 1. The zero-order valence-electron chi connectivity index (χ0n) is 22.9. The monoisotopic (exact) mass is 551 g/mol. The molecule has 1 saturated carbocycles. The number of amides is 1. The topological polar surface area (TPSA) is 103 Å². The van der Waals surface area contributed by atoms with Crippen molar-refractivity contribution in [3.63, 3.8) is 0 Å². The number of halogens is 1. The number of hydrogen-bond acceptors (Lipinski definition) is 5. The van der Waals surface area contributed by atoms with Gasteiger partial charge in [0.25, 0.3) is 5.91 Å². The molecule has 0 radical (unpaired) electrons. The highest BCUT2D eigenvalue weighted by Crippen LogP contribution is 2.36. The van der Waals surface area contributed by atoms with Crippen LogP contribution in [0.3, 0.4) is 0 Å². The molecule has 0 bridgehead atoms. The predicted octanol–water partition coefficient (Wildman–Crippen LogP) is 4.80. The summed E-state index contributed by atoms with van der Waals surface area (Å²) in [7, 11) is -0.428. The van der Waals surface area contributed by atoms with Gasteiger partial charge >= 0.3 is 13.1 Å². The molecule has 2 fully saturated rings. The van der Waals surface area contributed by atoms with E-state index < -0.39 is 24.3 Å². The molecule has 10 heteroatoms. The molecule has 1 aliphatic heterocycles. The minimum Gasteiger partial charge on any atom is -0.481 e. The number of carbonyl (C=O) groups excluding carboxylic acids is 1. The van der Waals surface area contributed by atoms with E-state index in [0.717, 1.165) is 42.1 Å². The van der Waals surface area contributed by atoms with Crippen molar-refractivity contribution < 1.29 is 24.0 Å². The Labute approximate surface area is 234 Å². The number of hydrogen-bond donors (Lipinski definition) is 2. The van der Waals surface area contributed by atoms with E-state index in [4.69, 9.17) is 26.0 Å². The third kappa shape index (κ3) is 5.71. The second-order valence-electron chi connectivity index (χ2n) is 11.8. The number of benzene rings is 2. The summed E-state index contributed by atoms with van der Waals surface area (Å²) in [6, 6.07) is 11.5. The molecule has 2 N–H and O–H groups in total. The lowest BCUT2D eigenvalue weighted by Crippen LogP contribution is -2.41. The van der Waals surface area contributed by atoms with Crippen LogP contribution in [0.15, 0.2) is 42.6 Å². The number of carbonyl (C=O) groups is 2. The third-order valence-electron chi connectivity index (χ3n) is 8.48. The Hall–Kier alpha value is -2.88. The fourth-order valence-corrected chi connectivity index (χ4v) is 5.63. The Morgan fingerprint density at radius 3 is 2.31 bits per heavy atom. The van der Waals surface area contributed by atoms with Crippen molar-refractivity contribution in [1.82, 2.24) is 15.1 Å². The van der Waals surface area contributed by atoms with Gasteiger partial charge in [0.2, 0.25) is 0 Å².